The molecule has 1 nitrogen and oxygen atoms in total. The maximum atomic E-state index is 3.46. The van der Waals surface area contributed by atoms with Crippen molar-refractivity contribution in [1.82, 2.24) is 5.32 Å². The molecule has 0 saturated heterocycles. The zero-order valence-corrected chi connectivity index (χ0v) is 8.15. The Balaban J connectivity index is 1.83. The second-order valence-electron chi connectivity index (χ2n) is 3.24. The number of alkyl halides is 1. The summed E-state index contributed by atoms with van der Waals surface area (Å²) in [6.07, 6.45) is 4.34. The third-order valence-corrected chi connectivity index (χ3v) is 2.94. The Kier molecular flexibility index (Phi) is 3.71. The van der Waals surface area contributed by atoms with Gasteiger partial charge in [-0.05, 0) is 25.8 Å². The van der Waals surface area contributed by atoms with Crippen LogP contribution in [0.15, 0.2) is 0 Å². The van der Waals surface area contributed by atoms with Crippen LogP contribution in [-0.2, 0) is 0 Å². The highest BCUT2D eigenvalue weighted by Gasteiger charge is 2.20. The zero-order chi connectivity index (χ0) is 7.40. The SMILES string of the molecule is CC(CBr)NCCC1CC1. The lowest BCUT2D eigenvalue weighted by molar-refractivity contribution is 0.557. The number of nitrogens with one attached hydrogen (secondary N) is 1. The molecule has 0 bridgehead atoms. The largest absolute Gasteiger partial charge is 0.313 e. The molecule has 1 unspecified atom stereocenters. The lowest BCUT2D eigenvalue weighted by atomic mass is 10.3. The molecule has 0 heterocycles. The van der Waals surface area contributed by atoms with Crippen LogP contribution >= 0.6 is 15.9 Å². The first kappa shape index (κ1) is 8.54. The van der Waals surface area contributed by atoms with Gasteiger partial charge in [0.25, 0.3) is 0 Å². The Morgan fingerprint density at radius 1 is 1.60 bits per heavy atom. The Hall–Kier alpha value is 0.440. The maximum absolute atomic E-state index is 3.46. The van der Waals surface area contributed by atoms with E-state index < -0.39 is 0 Å². The summed E-state index contributed by atoms with van der Waals surface area (Å²) >= 11 is 3.44. The van der Waals surface area contributed by atoms with E-state index in [0.29, 0.717) is 6.04 Å². The van der Waals surface area contributed by atoms with E-state index in [9.17, 15) is 0 Å². The lowest BCUT2D eigenvalue weighted by Gasteiger charge is -2.08. The first-order valence-corrected chi connectivity index (χ1v) is 5.24. The average molecular weight is 206 g/mol. The lowest BCUT2D eigenvalue weighted by Crippen LogP contribution is -2.28. The van der Waals surface area contributed by atoms with Crippen LogP contribution in [0.5, 0.6) is 0 Å². The minimum Gasteiger partial charge on any atom is -0.313 e. The first-order chi connectivity index (χ1) is 4.83. The third kappa shape index (κ3) is 3.57. The summed E-state index contributed by atoms with van der Waals surface area (Å²) in [4.78, 5) is 0. The van der Waals surface area contributed by atoms with Gasteiger partial charge >= 0.3 is 0 Å². The van der Waals surface area contributed by atoms with Gasteiger partial charge in [0.1, 0.15) is 0 Å². The van der Waals surface area contributed by atoms with Crippen LogP contribution in [0.25, 0.3) is 0 Å². The van der Waals surface area contributed by atoms with Crippen molar-refractivity contribution in [2.75, 3.05) is 11.9 Å². The predicted octanol–water partition coefficient (Wildman–Crippen LogP) is 2.16. The maximum Gasteiger partial charge on any atom is 0.0183 e. The fourth-order valence-electron chi connectivity index (χ4n) is 0.995. The third-order valence-electron chi connectivity index (χ3n) is 1.97. The van der Waals surface area contributed by atoms with E-state index in [4.69, 9.17) is 0 Å². The van der Waals surface area contributed by atoms with Crippen LogP contribution in [0.4, 0.5) is 0 Å². The highest BCUT2D eigenvalue weighted by molar-refractivity contribution is 9.09. The standard InChI is InChI=1S/C8H16BrN/c1-7(6-9)10-5-4-8-2-3-8/h7-8,10H,2-6H2,1H3. The molecule has 60 valence electrons. The summed E-state index contributed by atoms with van der Waals surface area (Å²) in [7, 11) is 0. The highest BCUT2D eigenvalue weighted by atomic mass is 79.9. The predicted molar refractivity (Wildman–Crippen MR) is 48.6 cm³/mol. The molecule has 0 radical (unpaired) electrons. The molecule has 0 aromatic heterocycles. The quantitative estimate of drug-likeness (QED) is 0.679. The van der Waals surface area contributed by atoms with Gasteiger partial charge < -0.3 is 5.32 Å². The Bertz CT molecular complexity index is 91.3. The van der Waals surface area contributed by atoms with Crippen molar-refractivity contribution in [3.05, 3.63) is 0 Å². The first-order valence-electron chi connectivity index (χ1n) is 4.12. The average Bonchev–Trinajstić information content (AvgIpc) is 2.71. The van der Waals surface area contributed by atoms with Crippen LogP contribution in [0, 0.1) is 5.92 Å². The molecule has 0 aromatic rings. The summed E-state index contributed by atoms with van der Waals surface area (Å²) in [5, 5.41) is 4.52. The van der Waals surface area contributed by atoms with Gasteiger partial charge in [-0.2, -0.15) is 0 Å². The number of halogens is 1. The van der Waals surface area contributed by atoms with E-state index in [1.807, 2.05) is 0 Å². The van der Waals surface area contributed by atoms with Gasteiger partial charge in [0.2, 0.25) is 0 Å². The zero-order valence-electron chi connectivity index (χ0n) is 6.57. The van der Waals surface area contributed by atoms with Gasteiger partial charge in [0.05, 0.1) is 0 Å². The number of hydrogen-bond acceptors (Lipinski definition) is 1. The minimum absolute atomic E-state index is 0.638. The summed E-state index contributed by atoms with van der Waals surface area (Å²) in [5.41, 5.74) is 0. The van der Waals surface area contributed by atoms with Gasteiger partial charge in [-0.1, -0.05) is 28.8 Å². The van der Waals surface area contributed by atoms with E-state index >= 15 is 0 Å². The van der Waals surface area contributed by atoms with Gasteiger partial charge in [-0.15, -0.1) is 0 Å². The number of rotatable bonds is 5. The fraction of sp³-hybridized carbons (Fsp3) is 1.00. The van der Waals surface area contributed by atoms with Gasteiger partial charge in [0.15, 0.2) is 0 Å². The van der Waals surface area contributed by atoms with Crippen LogP contribution in [0.3, 0.4) is 0 Å². The highest BCUT2D eigenvalue weighted by Crippen LogP contribution is 2.31. The molecule has 0 aliphatic heterocycles. The molecule has 0 aromatic carbocycles. The van der Waals surface area contributed by atoms with Crippen molar-refractivity contribution >= 4 is 15.9 Å². The van der Waals surface area contributed by atoms with Gasteiger partial charge in [-0.3, -0.25) is 0 Å². The van der Waals surface area contributed by atoms with Crippen molar-refractivity contribution in [2.45, 2.75) is 32.2 Å². The van der Waals surface area contributed by atoms with Crippen LogP contribution < -0.4 is 5.32 Å². The molecule has 10 heavy (non-hydrogen) atoms. The molecule has 1 fully saturated rings. The molecule has 0 spiro atoms. The van der Waals surface area contributed by atoms with E-state index in [1.54, 1.807) is 0 Å². The molecule has 1 atom stereocenters. The van der Waals surface area contributed by atoms with Crippen molar-refractivity contribution in [3.8, 4) is 0 Å². The Morgan fingerprint density at radius 3 is 2.80 bits per heavy atom. The van der Waals surface area contributed by atoms with Crippen LogP contribution in [-0.4, -0.2) is 17.9 Å². The number of hydrogen-bond donors (Lipinski definition) is 1. The van der Waals surface area contributed by atoms with Gasteiger partial charge in [-0.25, -0.2) is 0 Å². The van der Waals surface area contributed by atoms with Crippen molar-refractivity contribution < 1.29 is 0 Å². The summed E-state index contributed by atoms with van der Waals surface area (Å²) in [6.45, 7) is 3.42. The summed E-state index contributed by atoms with van der Waals surface area (Å²) < 4.78 is 0. The molecule has 1 saturated carbocycles. The molecule has 2 heteroatoms. The second-order valence-corrected chi connectivity index (χ2v) is 3.89. The van der Waals surface area contributed by atoms with E-state index in [0.717, 1.165) is 11.2 Å². The molecule has 1 aliphatic rings. The van der Waals surface area contributed by atoms with Crippen LogP contribution in [0.2, 0.25) is 0 Å². The second kappa shape index (κ2) is 4.35. The van der Waals surface area contributed by atoms with E-state index in [2.05, 4.69) is 28.2 Å². The van der Waals surface area contributed by atoms with Gasteiger partial charge in [0, 0.05) is 11.4 Å². The summed E-state index contributed by atoms with van der Waals surface area (Å²) in [5.74, 6) is 1.06. The fourth-order valence-corrected chi connectivity index (χ4v) is 1.22. The topological polar surface area (TPSA) is 12.0 Å². The molecule has 1 N–H and O–H groups in total. The van der Waals surface area contributed by atoms with E-state index in [-0.39, 0.29) is 0 Å². The molecule has 1 aliphatic carbocycles. The monoisotopic (exact) mass is 205 g/mol. The van der Waals surface area contributed by atoms with Crippen molar-refractivity contribution in [3.63, 3.8) is 0 Å². The Morgan fingerprint density at radius 2 is 2.30 bits per heavy atom. The summed E-state index contributed by atoms with van der Waals surface area (Å²) in [6, 6.07) is 0.638. The molecule has 1 rings (SSSR count). The Labute approximate surface area is 71.7 Å². The molecular weight excluding hydrogens is 190 g/mol. The normalized spacial score (nSPS) is 21.0. The van der Waals surface area contributed by atoms with Crippen molar-refractivity contribution in [1.29, 1.82) is 0 Å². The van der Waals surface area contributed by atoms with Crippen molar-refractivity contribution in [2.24, 2.45) is 5.92 Å². The smallest absolute Gasteiger partial charge is 0.0183 e. The van der Waals surface area contributed by atoms with Crippen LogP contribution in [0.1, 0.15) is 26.2 Å². The molecule has 0 amide bonds. The minimum atomic E-state index is 0.638. The molecular formula is C8H16BrN. The van der Waals surface area contributed by atoms with E-state index in [1.165, 1.54) is 25.8 Å².